The third kappa shape index (κ3) is 1.95. The number of ether oxygens (including phenoxy) is 1. The first-order chi connectivity index (χ1) is 6.70. The number of hydrogen-bond donors (Lipinski definition) is 1. The zero-order valence-electron chi connectivity index (χ0n) is 9.28. The zero-order valence-corrected chi connectivity index (χ0v) is 9.28. The van der Waals surface area contributed by atoms with E-state index in [9.17, 15) is 0 Å². The Morgan fingerprint density at radius 1 is 1.36 bits per heavy atom. The Morgan fingerprint density at radius 3 is 2.57 bits per heavy atom. The highest BCUT2D eigenvalue weighted by Gasteiger charge is 2.38. The van der Waals surface area contributed by atoms with Crippen LogP contribution in [0.25, 0.3) is 0 Å². The molecule has 1 aliphatic heterocycles. The van der Waals surface area contributed by atoms with E-state index in [4.69, 9.17) is 10.5 Å². The standard InChI is InChI=1S/C11H22N2O/c1-3-14-10-4-9(5-10)13-6-8(2)11(12)7-13/h8-11H,3-7,12H2,1-2H3. The van der Waals surface area contributed by atoms with Crippen LogP contribution < -0.4 is 5.73 Å². The average molecular weight is 198 g/mol. The van der Waals surface area contributed by atoms with Crippen LogP contribution in [0.1, 0.15) is 26.7 Å². The minimum absolute atomic E-state index is 0.390. The fourth-order valence-electron chi connectivity index (χ4n) is 2.54. The summed E-state index contributed by atoms with van der Waals surface area (Å²) < 4.78 is 5.56. The van der Waals surface area contributed by atoms with Gasteiger partial charge in [0.2, 0.25) is 0 Å². The maximum atomic E-state index is 6.01. The van der Waals surface area contributed by atoms with Crippen LogP contribution in [0, 0.1) is 5.92 Å². The molecule has 0 amide bonds. The van der Waals surface area contributed by atoms with E-state index in [1.54, 1.807) is 0 Å². The first kappa shape index (κ1) is 10.4. The normalized spacial score (nSPS) is 43.9. The van der Waals surface area contributed by atoms with Gasteiger partial charge in [-0.1, -0.05) is 6.92 Å². The number of rotatable bonds is 3. The second-order valence-electron chi connectivity index (χ2n) is 4.80. The van der Waals surface area contributed by atoms with Crippen molar-refractivity contribution in [1.82, 2.24) is 4.90 Å². The maximum Gasteiger partial charge on any atom is 0.0604 e. The molecule has 0 bridgehead atoms. The summed E-state index contributed by atoms with van der Waals surface area (Å²) in [6, 6.07) is 1.14. The topological polar surface area (TPSA) is 38.5 Å². The molecule has 2 aliphatic rings. The molecule has 2 unspecified atom stereocenters. The van der Waals surface area contributed by atoms with Crippen LogP contribution >= 0.6 is 0 Å². The van der Waals surface area contributed by atoms with Gasteiger partial charge in [0.1, 0.15) is 0 Å². The monoisotopic (exact) mass is 198 g/mol. The van der Waals surface area contributed by atoms with E-state index in [1.165, 1.54) is 19.4 Å². The van der Waals surface area contributed by atoms with E-state index >= 15 is 0 Å². The van der Waals surface area contributed by atoms with Crippen molar-refractivity contribution in [2.75, 3.05) is 19.7 Å². The second-order valence-corrected chi connectivity index (χ2v) is 4.80. The molecule has 0 aromatic carbocycles. The van der Waals surface area contributed by atoms with Gasteiger partial charge in [0.05, 0.1) is 6.10 Å². The Labute approximate surface area is 86.6 Å². The summed E-state index contributed by atoms with van der Waals surface area (Å²) in [5.74, 6) is 0.668. The molecule has 1 saturated carbocycles. The molecule has 2 fully saturated rings. The Balaban J connectivity index is 1.73. The predicted molar refractivity (Wildman–Crippen MR) is 57.1 cm³/mol. The molecular weight excluding hydrogens is 176 g/mol. The number of likely N-dealkylation sites (tertiary alicyclic amines) is 1. The molecule has 3 heteroatoms. The summed E-state index contributed by atoms with van der Waals surface area (Å²) in [5.41, 5.74) is 6.01. The number of nitrogens with zero attached hydrogens (tertiary/aromatic N) is 1. The first-order valence-corrected chi connectivity index (χ1v) is 5.82. The van der Waals surface area contributed by atoms with Crippen LogP contribution in [0.5, 0.6) is 0 Å². The molecule has 1 aliphatic carbocycles. The molecule has 1 heterocycles. The summed E-state index contributed by atoms with van der Waals surface area (Å²) in [4.78, 5) is 2.55. The highest BCUT2D eigenvalue weighted by Crippen LogP contribution is 2.31. The van der Waals surface area contributed by atoms with Gasteiger partial charge in [-0.3, -0.25) is 4.90 Å². The lowest BCUT2D eigenvalue weighted by molar-refractivity contribution is -0.0415. The van der Waals surface area contributed by atoms with Crippen molar-refractivity contribution in [2.45, 2.75) is 44.9 Å². The van der Waals surface area contributed by atoms with Crippen LogP contribution in [-0.2, 0) is 4.74 Å². The van der Waals surface area contributed by atoms with Gasteiger partial charge < -0.3 is 10.5 Å². The second kappa shape index (κ2) is 4.17. The van der Waals surface area contributed by atoms with Crippen LogP contribution in [0.3, 0.4) is 0 Å². The molecule has 2 N–H and O–H groups in total. The van der Waals surface area contributed by atoms with E-state index in [0.29, 0.717) is 18.1 Å². The van der Waals surface area contributed by atoms with Crippen molar-refractivity contribution in [2.24, 2.45) is 11.7 Å². The van der Waals surface area contributed by atoms with E-state index < -0.39 is 0 Å². The molecule has 0 spiro atoms. The predicted octanol–water partition coefficient (Wildman–Crippen LogP) is 0.833. The van der Waals surface area contributed by atoms with Crippen molar-refractivity contribution >= 4 is 0 Å². The van der Waals surface area contributed by atoms with Crippen molar-refractivity contribution in [3.05, 3.63) is 0 Å². The SMILES string of the molecule is CCOC1CC(N2CC(C)C(N)C2)C1. The lowest BCUT2D eigenvalue weighted by Gasteiger charge is -2.40. The van der Waals surface area contributed by atoms with Crippen molar-refractivity contribution in [3.8, 4) is 0 Å². The third-order valence-corrected chi connectivity index (χ3v) is 3.69. The Hall–Kier alpha value is -0.120. The van der Waals surface area contributed by atoms with Gasteiger partial charge in [-0.2, -0.15) is 0 Å². The molecule has 2 rings (SSSR count). The van der Waals surface area contributed by atoms with Crippen molar-refractivity contribution in [1.29, 1.82) is 0 Å². The third-order valence-electron chi connectivity index (χ3n) is 3.69. The highest BCUT2D eigenvalue weighted by molar-refractivity contribution is 4.94. The summed E-state index contributed by atoms with van der Waals surface area (Å²) >= 11 is 0. The minimum Gasteiger partial charge on any atom is -0.378 e. The molecule has 0 radical (unpaired) electrons. The van der Waals surface area contributed by atoms with Crippen LogP contribution in [0.4, 0.5) is 0 Å². The molecule has 1 saturated heterocycles. The van der Waals surface area contributed by atoms with Gasteiger partial charge in [-0.05, 0) is 25.7 Å². The maximum absolute atomic E-state index is 6.01. The van der Waals surface area contributed by atoms with Crippen LogP contribution in [0.2, 0.25) is 0 Å². The van der Waals surface area contributed by atoms with Crippen molar-refractivity contribution in [3.63, 3.8) is 0 Å². The largest absolute Gasteiger partial charge is 0.378 e. The van der Waals surface area contributed by atoms with Gasteiger partial charge >= 0.3 is 0 Å². The van der Waals surface area contributed by atoms with Gasteiger partial charge in [0, 0.05) is 31.8 Å². The van der Waals surface area contributed by atoms with Gasteiger partial charge in [0.25, 0.3) is 0 Å². The van der Waals surface area contributed by atoms with Gasteiger partial charge in [0.15, 0.2) is 0 Å². The zero-order chi connectivity index (χ0) is 10.1. The Morgan fingerprint density at radius 2 is 2.07 bits per heavy atom. The fourth-order valence-corrected chi connectivity index (χ4v) is 2.54. The number of hydrogen-bond acceptors (Lipinski definition) is 3. The molecule has 0 aromatic rings. The van der Waals surface area contributed by atoms with Crippen LogP contribution in [-0.4, -0.2) is 42.8 Å². The Bertz CT molecular complexity index is 182. The Kier molecular flexibility index (Phi) is 3.10. The molecular formula is C11H22N2O. The molecule has 2 atom stereocenters. The van der Waals surface area contributed by atoms with Gasteiger partial charge in [-0.25, -0.2) is 0 Å². The summed E-state index contributed by atoms with van der Waals surface area (Å²) in [6.45, 7) is 7.45. The van der Waals surface area contributed by atoms with Crippen LogP contribution in [0.15, 0.2) is 0 Å². The van der Waals surface area contributed by atoms with E-state index in [1.807, 2.05) is 0 Å². The summed E-state index contributed by atoms with van der Waals surface area (Å²) in [6.07, 6.45) is 2.96. The fraction of sp³-hybridized carbons (Fsp3) is 1.00. The number of nitrogens with two attached hydrogens (primary N) is 1. The van der Waals surface area contributed by atoms with E-state index in [-0.39, 0.29) is 0 Å². The quantitative estimate of drug-likeness (QED) is 0.730. The molecule has 82 valence electrons. The highest BCUT2D eigenvalue weighted by atomic mass is 16.5. The summed E-state index contributed by atoms with van der Waals surface area (Å²) in [5, 5.41) is 0. The van der Waals surface area contributed by atoms with E-state index in [0.717, 1.165) is 19.2 Å². The first-order valence-electron chi connectivity index (χ1n) is 5.82. The van der Waals surface area contributed by atoms with E-state index in [2.05, 4.69) is 18.7 Å². The summed E-state index contributed by atoms with van der Waals surface area (Å²) in [7, 11) is 0. The minimum atomic E-state index is 0.390. The smallest absolute Gasteiger partial charge is 0.0604 e. The molecule has 14 heavy (non-hydrogen) atoms. The van der Waals surface area contributed by atoms with Gasteiger partial charge in [-0.15, -0.1) is 0 Å². The molecule has 0 aromatic heterocycles. The molecule has 3 nitrogen and oxygen atoms in total. The lowest BCUT2D eigenvalue weighted by atomic mass is 9.88. The average Bonchev–Trinajstić information content (AvgIpc) is 2.38. The van der Waals surface area contributed by atoms with Crippen molar-refractivity contribution < 1.29 is 4.74 Å². The lowest BCUT2D eigenvalue weighted by Crippen LogP contribution is -2.47.